The molecule has 0 radical (unpaired) electrons. The summed E-state index contributed by atoms with van der Waals surface area (Å²) in [7, 11) is 0. The Labute approximate surface area is 163 Å². The van der Waals surface area contributed by atoms with E-state index < -0.39 is 5.91 Å². The van der Waals surface area contributed by atoms with E-state index in [9.17, 15) is 10.1 Å². The van der Waals surface area contributed by atoms with Gasteiger partial charge in [-0.3, -0.25) is 10.2 Å². The molecule has 0 aliphatic carbocycles. The van der Waals surface area contributed by atoms with Crippen LogP contribution in [0, 0.1) is 16.7 Å². The molecule has 0 unspecified atom stereocenters. The number of nitrogens with one attached hydrogen (secondary N) is 2. The van der Waals surface area contributed by atoms with Gasteiger partial charge in [0.15, 0.2) is 0 Å². The zero-order valence-corrected chi connectivity index (χ0v) is 15.2. The maximum Gasteiger partial charge on any atom is 0.275 e. The molecular weight excluding hydrogens is 374 g/mol. The number of fused-ring (bicyclic) bond motifs is 1. The van der Waals surface area contributed by atoms with E-state index in [2.05, 4.69) is 16.4 Å². The number of thiophene rings is 1. The van der Waals surface area contributed by atoms with Crippen molar-refractivity contribution in [1.82, 2.24) is 4.98 Å². The van der Waals surface area contributed by atoms with Gasteiger partial charge >= 0.3 is 0 Å². The summed E-state index contributed by atoms with van der Waals surface area (Å²) in [5.41, 5.74) is 8.84. The summed E-state index contributed by atoms with van der Waals surface area (Å²) in [6.07, 6.45) is 4.34. The van der Waals surface area contributed by atoms with Gasteiger partial charge in [-0.1, -0.05) is 0 Å². The van der Waals surface area contributed by atoms with Gasteiger partial charge in [0.05, 0.1) is 28.5 Å². The molecule has 28 heavy (non-hydrogen) atoms. The number of hydrogen-bond donors (Lipinski definition) is 3. The number of aromatic nitrogens is 1. The third-order valence-corrected chi connectivity index (χ3v) is 5.14. The molecule has 0 aliphatic heterocycles. The number of benzene rings is 1. The molecule has 1 aromatic carbocycles. The van der Waals surface area contributed by atoms with Gasteiger partial charge in [0.25, 0.3) is 5.91 Å². The molecule has 8 heteroatoms. The van der Waals surface area contributed by atoms with E-state index >= 15 is 0 Å². The van der Waals surface area contributed by atoms with Crippen molar-refractivity contribution >= 4 is 44.4 Å². The van der Waals surface area contributed by atoms with E-state index in [1.165, 1.54) is 30.1 Å². The highest BCUT2D eigenvalue weighted by Crippen LogP contribution is 2.27. The van der Waals surface area contributed by atoms with Crippen LogP contribution < -0.4 is 11.1 Å². The summed E-state index contributed by atoms with van der Waals surface area (Å²) in [5.74, 6) is -0.400. The number of pyridine rings is 1. The van der Waals surface area contributed by atoms with E-state index in [-0.39, 0.29) is 11.4 Å². The summed E-state index contributed by atoms with van der Waals surface area (Å²) < 4.78 is 5.67. The zero-order chi connectivity index (χ0) is 19.7. The van der Waals surface area contributed by atoms with Gasteiger partial charge in [0.2, 0.25) is 0 Å². The average Bonchev–Trinajstić information content (AvgIpc) is 3.40. The minimum Gasteiger partial charge on any atom is -0.472 e. The molecule has 4 aromatic rings. The molecule has 4 rings (SSSR count). The summed E-state index contributed by atoms with van der Waals surface area (Å²) in [5, 5.41) is 22.8. The van der Waals surface area contributed by atoms with E-state index in [0.717, 1.165) is 0 Å². The van der Waals surface area contributed by atoms with Gasteiger partial charge in [-0.15, -0.1) is 11.3 Å². The van der Waals surface area contributed by atoms with Crippen molar-refractivity contribution < 1.29 is 9.21 Å². The monoisotopic (exact) mass is 387 g/mol. The lowest BCUT2D eigenvalue weighted by molar-refractivity contribution is 0.102. The number of amides is 1. The van der Waals surface area contributed by atoms with Crippen LogP contribution in [0.2, 0.25) is 0 Å². The van der Waals surface area contributed by atoms with Crippen molar-refractivity contribution in [3.63, 3.8) is 0 Å². The van der Waals surface area contributed by atoms with Gasteiger partial charge in [-0.05, 0) is 35.7 Å². The third-order valence-electron chi connectivity index (χ3n) is 4.22. The molecule has 0 saturated carbocycles. The van der Waals surface area contributed by atoms with Crippen molar-refractivity contribution in [2.45, 2.75) is 0 Å². The Morgan fingerprint density at radius 2 is 2.18 bits per heavy atom. The van der Waals surface area contributed by atoms with Crippen molar-refractivity contribution in [1.29, 1.82) is 10.7 Å². The first-order valence-corrected chi connectivity index (χ1v) is 9.05. The number of nitrogen functional groups attached to an aromatic ring is 1. The lowest BCUT2D eigenvalue weighted by atomic mass is 10.0. The molecule has 3 heterocycles. The molecule has 0 fully saturated rings. The second kappa shape index (κ2) is 6.98. The highest BCUT2D eigenvalue weighted by molar-refractivity contribution is 7.17. The van der Waals surface area contributed by atoms with Crippen molar-refractivity contribution in [3.8, 4) is 6.07 Å². The number of furan rings is 1. The molecule has 0 saturated heterocycles. The molecule has 7 nitrogen and oxygen atoms in total. The predicted octanol–water partition coefficient (Wildman–Crippen LogP) is 4.01. The molecule has 4 N–H and O–H groups in total. The Balaban J connectivity index is 1.66. The van der Waals surface area contributed by atoms with E-state index in [1.54, 1.807) is 30.3 Å². The first-order valence-electron chi connectivity index (χ1n) is 8.17. The second-order valence-corrected chi connectivity index (χ2v) is 6.85. The quantitative estimate of drug-likeness (QED) is 0.360. The van der Waals surface area contributed by atoms with Crippen LogP contribution in [0.3, 0.4) is 0 Å². The molecule has 0 bridgehead atoms. The number of anilines is 2. The van der Waals surface area contributed by atoms with Crippen LogP contribution in [0.15, 0.2) is 58.9 Å². The van der Waals surface area contributed by atoms with Crippen LogP contribution in [0.5, 0.6) is 0 Å². The van der Waals surface area contributed by atoms with E-state index in [4.69, 9.17) is 15.6 Å². The first kappa shape index (κ1) is 17.5. The fraction of sp³-hybridized carbons (Fsp3) is 0. The Bertz CT molecular complexity index is 1250. The van der Waals surface area contributed by atoms with Gasteiger partial charge in [-0.2, -0.15) is 5.26 Å². The van der Waals surface area contributed by atoms with Crippen LogP contribution in [0.25, 0.3) is 10.1 Å². The normalized spacial score (nSPS) is 10.5. The predicted molar refractivity (Wildman–Crippen MR) is 108 cm³/mol. The Morgan fingerprint density at radius 1 is 1.32 bits per heavy atom. The SMILES string of the molecule is N#Cc1cnc(C(=O)Nc2ccc(N)c(C(=N)c3ccoc3)c2)c2sccc12. The summed E-state index contributed by atoms with van der Waals surface area (Å²) in [6, 6.07) is 10.5. The zero-order valence-electron chi connectivity index (χ0n) is 14.4. The number of nitrogens with two attached hydrogens (primary N) is 1. The third kappa shape index (κ3) is 3.00. The standard InChI is InChI=1S/C20H13N5O2S/c21-8-12-9-24-18(19-14(12)4-6-28-19)20(26)25-13-1-2-16(22)15(7-13)17(23)11-3-5-27-10-11/h1-7,9-10,23H,22H2,(H,25,26). The average molecular weight is 387 g/mol. The molecule has 0 aliphatic rings. The maximum absolute atomic E-state index is 12.8. The van der Waals surface area contributed by atoms with Crippen LogP contribution in [-0.4, -0.2) is 16.6 Å². The van der Waals surface area contributed by atoms with E-state index in [0.29, 0.717) is 38.2 Å². The van der Waals surface area contributed by atoms with Gasteiger partial charge in [-0.25, -0.2) is 4.98 Å². The van der Waals surface area contributed by atoms with Crippen molar-refractivity contribution in [2.24, 2.45) is 0 Å². The number of carbonyl (C=O) groups is 1. The molecule has 1 amide bonds. The summed E-state index contributed by atoms with van der Waals surface area (Å²) >= 11 is 1.35. The van der Waals surface area contributed by atoms with Gasteiger partial charge < -0.3 is 15.5 Å². The van der Waals surface area contributed by atoms with Gasteiger partial charge in [0.1, 0.15) is 11.8 Å². The molecule has 0 spiro atoms. The minimum atomic E-state index is -0.400. The highest BCUT2D eigenvalue weighted by atomic mass is 32.1. The van der Waals surface area contributed by atoms with Gasteiger partial charge in [0, 0.05) is 34.1 Å². The number of hydrogen-bond acceptors (Lipinski definition) is 7. The summed E-state index contributed by atoms with van der Waals surface area (Å²) in [4.78, 5) is 16.9. The lowest BCUT2D eigenvalue weighted by Gasteiger charge is -2.10. The van der Waals surface area contributed by atoms with Crippen LogP contribution >= 0.6 is 11.3 Å². The Kier molecular flexibility index (Phi) is 4.35. The number of carbonyl (C=O) groups excluding carboxylic acids is 1. The Hall–Kier alpha value is -3.96. The largest absolute Gasteiger partial charge is 0.472 e. The smallest absolute Gasteiger partial charge is 0.275 e. The summed E-state index contributed by atoms with van der Waals surface area (Å²) in [6.45, 7) is 0. The Morgan fingerprint density at radius 3 is 2.93 bits per heavy atom. The second-order valence-electron chi connectivity index (χ2n) is 5.94. The number of rotatable bonds is 4. The van der Waals surface area contributed by atoms with Crippen LogP contribution in [-0.2, 0) is 0 Å². The molecule has 0 atom stereocenters. The molecule has 3 aromatic heterocycles. The van der Waals surface area contributed by atoms with Crippen molar-refractivity contribution in [2.75, 3.05) is 11.1 Å². The highest BCUT2D eigenvalue weighted by Gasteiger charge is 2.17. The minimum absolute atomic E-state index is 0.194. The lowest BCUT2D eigenvalue weighted by Crippen LogP contribution is -2.15. The maximum atomic E-state index is 12.8. The fourth-order valence-corrected chi connectivity index (χ4v) is 3.72. The van der Waals surface area contributed by atoms with Crippen LogP contribution in [0.1, 0.15) is 27.2 Å². The number of nitrogens with zero attached hydrogens (tertiary/aromatic N) is 2. The van der Waals surface area contributed by atoms with E-state index in [1.807, 2.05) is 5.38 Å². The molecular formula is C20H13N5O2S. The van der Waals surface area contributed by atoms with Crippen molar-refractivity contribution in [3.05, 3.63) is 76.8 Å². The molecule has 136 valence electrons. The first-order chi connectivity index (χ1) is 13.6. The fourth-order valence-electron chi connectivity index (χ4n) is 2.82. The topological polar surface area (TPSA) is 129 Å². The number of nitriles is 1. The van der Waals surface area contributed by atoms with Crippen LogP contribution in [0.4, 0.5) is 11.4 Å².